The maximum atomic E-state index is 5.64. The third-order valence-corrected chi connectivity index (χ3v) is 3.85. The normalized spacial score (nSPS) is 10.7. The van der Waals surface area contributed by atoms with Crippen LogP contribution in [0, 0.1) is 6.92 Å². The van der Waals surface area contributed by atoms with Crippen LogP contribution < -0.4 is 5.73 Å². The lowest BCUT2D eigenvalue weighted by Crippen LogP contribution is -1.91. The van der Waals surface area contributed by atoms with Crippen LogP contribution in [0.25, 0.3) is 11.6 Å². The van der Waals surface area contributed by atoms with Crippen LogP contribution >= 0.6 is 11.8 Å². The fourth-order valence-electron chi connectivity index (χ4n) is 1.77. The summed E-state index contributed by atoms with van der Waals surface area (Å²) in [4.78, 5) is 9.67. The van der Waals surface area contributed by atoms with Crippen molar-refractivity contribution in [2.24, 2.45) is 0 Å². The molecule has 2 heterocycles. The molecule has 0 amide bonds. The van der Waals surface area contributed by atoms with Crippen LogP contribution in [0.1, 0.15) is 11.4 Å². The van der Waals surface area contributed by atoms with Crippen molar-refractivity contribution in [3.63, 3.8) is 0 Å². The van der Waals surface area contributed by atoms with E-state index in [-0.39, 0.29) is 0 Å². The van der Waals surface area contributed by atoms with E-state index < -0.39 is 0 Å². The Kier molecular flexibility index (Phi) is 3.87. The summed E-state index contributed by atoms with van der Waals surface area (Å²) < 4.78 is 5.22. The summed E-state index contributed by atoms with van der Waals surface area (Å²) in [5.41, 5.74) is 7.48. The summed E-state index contributed by atoms with van der Waals surface area (Å²) in [6.07, 6.45) is 0. The van der Waals surface area contributed by atoms with Gasteiger partial charge in [0, 0.05) is 4.90 Å². The average molecular weight is 298 g/mol. The monoisotopic (exact) mass is 298 g/mol. The van der Waals surface area contributed by atoms with E-state index in [0.717, 1.165) is 0 Å². The van der Waals surface area contributed by atoms with Crippen molar-refractivity contribution >= 4 is 17.6 Å². The summed E-state index contributed by atoms with van der Waals surface area (Å²) >= 11 is 1.66. The Hall–Kier alpha value is -2.34. The largest absolute Gasteiger partial charge is 0.384 e. The number of aryl methyl sites for hydroxylation is 1. The SMILES string of the molecule is Cc1ccc(SCc2noc(-c3cccc(N)n3)n2)cc1. The van der Waals surface area contributed by atoms with Gasteiger partial charge in [-0.2, -0.15) is 4.98 Å². The van der Waals surface area contributed by atoms with E-state index in [9.17, 15) is 0 Å². The number of thioether (sulfide) groups is 1. The van der Waals surface area contributed by atoms with Crippen molar-refractivity contribution in [1.82, 2.24) is 15.1 Å². The smallest absolute Gasteiger partial charge is 0.276 e. The highest BCUT2D eigenvalue weighted by Gasteiger charge is 2.10. The molecule has 3 rings (SSSR count). The molecule has 0 aliphatic rings. The number of anilines is 1. The molecule has 0 aliphatic carbocycles. The number of rotatable bonds is 4. The maximum absolute atomic E-state index is 5.64. The van der Waals surface area contributed by atoms with E-state index in [1.54, 1.807) is 23.9 Å². The first kappa shape index (κ1) is 13.6. The Bertz CT molecular complexity index is 739. The number of nitrogens with zero attached hydrogens (tertiary/aromatic N) is 3. The second-order valence-electron chi connectivity index (χ2n) is 4.57. The lowest BCUT2D eigenvalue weighted by molar-refractivity contribution is 0.424. The summed E-state index contributed by atoms with van der Waals surface area (Å²) in [6.45, 7) is 2.07. The van der Waals surface area contributed by atoms with Crippen molar-refractivity contribution in [2.75, 3.05) is 5.73 Å². The molecular weight excluding hydrogens is 284 g/mol. The van der Waals surface area contributed by atoms with E-state index >= 15 is 0 Å². The van der Waals surface area contributed by atoms with Gasteiger partial charge in [0.05, 0.1) is 5.75 Å². The molecule has 0 spiro atoms. The van der Waals surface area contributed by atoms with Gasteiger partial charge in [-0.1, -0.05) is 28.9 Å². The van der Waals surface area contributed by atoms with Crippen molar-refractivity contribution in [3.8, 4) is 11.6 Å². The Labute approximate surface area is 126 Å². The first-order valence-corrected chi connectivity index (χ1v) is 7.44. The Balaban J connectivity index is 1.69. The van der Waals surface area contributed by atoms with Gasteiger partial charge in [0.25, 0.3) is 5.89 Å². The molecule has 1 aromatic carbocycles. The van der Waals surface area contributed by atoms with Gasteiger partial charge in [0.1, 0.15) is 11.5 Å². The molecule has 21 heavy (non-hydrogen) atoms. The van der Waals surface area contributed by atoms with Crippen LogP contribution in [-0.4, -0.2) is 15.1 Å². The quantitative estimate of drug-likeness (QED) is 0.744. The minimum Gasteiger partial charge on any atom is -0.384 e. The number of aromatic nitrogens is 3. The van der Waals surface area contributed by atoms with Crippen molar-refractivity contribution < 1.29 is 4.52 Å². The zero-order chi connectivity index (χ0) is 14.7. The highest BCUT2D eigenvalue weighted by Crippen LogP contribution is 2.23. The van der Waals surface area contributed by atoms with Crippen molar-refractivity contribution in [3.05, 3.63) is 53.9 Å². The van der Waals surface area contributed by atoms with Gasteiger partial charge >= 0.3 is 0 Å². The third-order valence-electron chi connectivity index (χ3n) is 2.85. The van der Waals surface area contributed by atoms with E-state index in [2.05, 4.69) is 46.3 Å². The zero-order valence-corrected chi connectivity index (χ0v) is 12.3. The molecular formula is C15H14N4OS. The molecule has 6 heteroatoms. The molecule has 0 fully saturated rings. The Morgan fingerprint density at radius 1 is 1.10 bits per heavy atom. The molecule has 3 aromatic rings. The van der Waals surface area contributed by atoms with Gasteiger partial charge in [0.2, 0.25) is 0 Å². The maximum Gasteiger partial charge on any atom is 0.276 e. The molecule has 0 bridgehead atoms. The van der Waals surface area contributed by atoms with Gasteiger partial charge in [-0.15, -0.1) is 11.8 Å². The molecule has 0 aliphatic heterocycles. The molecule has 0 saturated heterocycles. The van der Waals surface area contributed by atoms with Gasteiger partial charge in [-0.3, -0.25) is 0 Å². The third kappa shape index (κ3) is 3.41. The highest BCUT2D eigenvalue weighted by atomic mass is 32.2. The number of benzene rings is 1. The molecule has 0 radical (unpaired) electrons. The molecule has 2 N–H and O–H groups in total. The van der Waals surface area contributed by atoms with E-state index in [1.165, 1.54) is 10.5 Å². The second kappa shape index (κ2) is 5.97. The number of hydrogen-bond donors (Lipinski definition) is 1. The summed E-state index contributed by atoms with van der Waals surface area (Å²) in [6, 6.07) is 13.7. The van der Waals surface area contributed by atoms with Crippen LogP contribution in [0.4, 0.5) is 5.82 Å². The molecule has 2 aromatic heterocycles. The van der Waals surface area contributed by atoms with Crippen molar-refractivity contribution in [2.45, 2.75) is 17.6 Å². The summed E-state index contributed by atoms with van der Waals surface area (Å²) in [5, 5.41) is 3.97. The lowest BCUT2D eigenvalue weighted by atomic mass is 10.2. The van der Waals surface area contributed by atoms with Crippen LogP contribution in [0.3, 0.4) is 0 Å². The Morgan fingerprint density at radius 2 is 1.90 bits per heavy atom. The van der Waals surface area contributed by atoms with Gasteiger partial charge in [0.15, 0.2) is 5.82 Å². The number of nitrogens with two attached hydrogens (primary N) is 1. The molecule has 5 nitrogen and oxygen atoms in total. The van der Waals surface area contributed by atoms with Crippen LogP contribution in [0.2, 0.25) is 0 Å². The molecule has 0 unspecified atom stereocenters. The topological polar surface area (TPSA) is 77.8 Å². The summed E-state index contributed by atoms with van der Waals surface area (Å²) in [7, 11) is 0. The second-order valence-corrected chi connectivity index (χ2v) is 5.61. The zero-order valence-electron chi connectivity index (χ0n) is 11.5. The first-order valence-electron chi connectivity index (χ1n) is 6.46. The fourth-order valence-corrected chi connectivity index (χ4v) is 2.51. The van der Waals surface area contributed by atoms with Gasteiger partial charge < -0.3 is 10.3 Å². The van der Waals surface area contributed by atoms with Gasteiger partial charge in [-0.25, -0.2) is 4.98 Å². The van der Waals surface area contributed by atoms with E-state index in [4.69, 9.17) is 10.3 Å². The van der Waals surface area contributed by atoms with Crippen LogP contribution in [0.5, 0.6) is 0 Å². The molecule has 0 saturated carbocycles. The minimum atomic E-state index is 0.391. The number of hydrogen-bond acceptors (Lipinski definition) is 6. The average Bonchev–Trinajstić information content (AvgIpc) is 2.96. The fraction of sp³-hybridized carbons (Fsp3) is 0.133. The minimum absolute atomic E-state index is 0.391. The highest BCUT2D eigenvalue weighted by molar-refractivity contribution is 7.98. The number of pyridine rings is 1. The van der Waals surface area contributed by atoms with Crippen LogP contribution in [-0.2, 0) is 5.75 Å². The standard InChI is InChI=1S/C15H14N4OS/c1-10-5-7-11(8-6-10)21-9-14-18-15(20-19-14)12-3-2-4-13(16)17-12/h2-8H,9H2,1H3,(H2,16,17). The summed E-state index contributed by atoms with van der Waals surface area (Å²) in [5.74, 6) is 2.11. The number of nitrogen functional groups attached to an aromatic ring is 1. The van der Waals surface area contributed by atoms with Gasteiger partial charge in [-0.05, 0) is 31.2 Å². The van der Waals surface area contributed by atoms with Crippen LogP contribution in [0.15, 0.2) is 51.9 Å². The van der Waals surface area contributed by atoms with E-state index in [0.29, 0.717) is 29.0 Å². The predicted octanol–water partition coefficient (Wildman–Crippen LogP) is 3.31. The van der Waals surface area contributed by atoms with Crippen molar-refractivity contribution in [1.29, 1.82) is 0 Å². The predicted molar refractivity (Wildman–Crippen MR) is 82.7 cm³/mol. The Morgan fingerprint density at radius 3 is 2.67 bits per heavy atom. The lowest BCUT2D eigenvalue weighted by Gasteiger charge is -1.98. The van der Waals surface area contributed by atoms with E-state index in [1.807, 2.05) is 6.07 Å². The molecule has 0 atom stereocenters. The molecule has 106 valence electrons. The first-order chi connectivity index (χ1) is 10.2.